The minimum atomic E-state index is -2.42. The van der Waals surface area contributed by atoms with Crippen molar-refractivity contribution in [2.75, 3.05) is 7.05 Å². The second kappa shape index (κ2) is 10.7. The van der Waals surface area contributed by atoms with Crippen LogP contribution in [0.15, 0.2) is 127 Å². The summed E-state index contributed by atoms with van der Waals surface area (Å²) in [4.78, 5) is 4.76. The van der Waals surface area contributed by atoms with E-state index in [4.69, 9.17) is 4.12 Å². The minimum absolute atomic E-state index is 0.751. The second-order valence-electron chi connectivity index (χ2n) is 9.86. The molecule has 0 amide bonds. The summed E-state index contributed by atoms with van der Waals surface area (Å²) in [6.45, 7) is 15.6. The van der Waals surface area contributed by atoms with Gasteiger partial charge in [-0.2, -0.15) is 0 Å². The minimum Gasteiger partial charge on any atom is -0.446 e. The SMILES string of the molecule is C=C[Si](C)(C)O[Si](C)(C=C)C=C1N(C)C(c2ccccc2)=C(c2ccccc2)N1Cc1ccccc1. The zero-order valence-electron chi connectivity index (χ0n) is 21.8. The van der Waals surface area contributed by atoms with Gasteiger partial charge in [-0.3, -0.25) is 0 Å². The van der Waals surface area contributed by atoms with Crippen molar-refractivity contribution in [2.45, 2.75) is 26.2 Å². The van der Waals surface area contributed by atoms with E-state index in [-0.39, 0.29) is 0 Å². The molecule has 1 aliphatic heterocycles. The van der Waals surface area contributed by atoms with Crippen molar-refractivity contribution in [1.82, 2.24) is 9.80 Å². The van der Waals surface area contributed by atoms with Gasteiger partial charge in [-0.1, -0.05) is 102 Å². The van der Waals surface area contributed by atoms with Crippen LogP contribution in [0.2, 0.25) is 19.6 Å². The molecule has 3 aromatic rings. The molecule has 0 saturated heterocycles. The van der Waals surface area contributed by atoms with Gasteiger partial charge < -0.3 is 13.9 Å². The average Bonchev–Trinajstić information content (AvgIpc) is 3.16. The summed E-state index contributed by atoms with van der Waals surface area (Å²) < 4.78 is 6.81. The Morgan fingerprint density at radius 1 is 0.722 bits per heavy atom. The summed E-state index contributed by atoms with van der Waals surface area (Å²) in [5, 5.41) is 0. The molecular formula is C31H36N2OSi2. The van der Waals surface area contributed by atoms with Crippen molar-refractivity contribution in [1.29, 1.82) is 0 Å². The van der Waals surface area contributed by atoms with E-state index in [1.165, 1.54) is 28.1 Å². The molecule has 36 heavy (non-hydrogen) atoms. The Balaban J connectivity index is 1.94. The number of hydrogen-bond donors (Lipinski definition) is 0. The van der Waals surface area contributed by atoms with Gasteiger partial charge in [0.1, 0.15) is 5.82 Å². The Kier molecular flexibility index (Phi) is 7.64. The third-order valence-corrected chi connectivity index (χ3v) is 13.0. The molecule has 0 radical (unpaired) electrons. The first kappa shape index (κ1) is 25.7. The van der Waals surface area contributed by atoms with E-state index in [1.54, 1.807) is 0 Å². The van der Waals surface area contributed by atoms with Gasteiger partial charge in [0, 0.05) is 24.7 Å². The lowest BCUT2D eigenvalue weighted by Gasteiger charge is -2.33. The molecule has 0 fully saturated rings. The van der Waals surface area contributed by atoms with E-state index in [1.807, 2.05) is 11.4 Å². The van der Waals surface area contributed by atoms with Gasteiger partial charge in [-0.25, -0.2) is 0 Å². The maximum absolute atomic E-state index is 6.81. The highest BCUT2D eigenvalue weighted by molar-refractivity contribution is 6.92. The summed E-state index contributed by atoms with van der Waals surface area (Å²) in [6.07, 6.45) is 0. The number of benzene rings is 3. The third kappa shape index (κ3) is 5.54. The molecule has 0 bridgehead atoms. The van der Waals surface area contributed by atoms with E-state index >= 15 is 0 Å². The zero-order chi connectivity index (χ0) is 25.8. The lowest BCUT2D eigenvalue weighted by Crippen LogP contribution is -2.44. The lowest BCUT2D eigenvalue weighted by molar-refractivity contribution is 0.402. The van der Waals surface area contributed by atoms with Gasteiger partial charge in [-0.15, -0.1) is 13.2 Å². The van der Waals surface area contributed by atoms with Crippen molar-refractivity contribution in [3.8, 4) is 0 Å². The summed E-state index contributed by atoms with van der Waals surface area (Å²) in [5.74, 6) is 1.12. The maximum Gasteiger partial charge on any atom is 0.230 e. The van der Waals surface area contributed by atoms with Crippen molar-refractivity contribution in [3.63, 3.8) is 0 Å². The van der Waals surface area contributed by atoms with Crippen LogP contribution in [0, 0.1) is 0 Å². The van der Waals surface area contributed by atoms with Gasteiger partial charge >= 0.3 is 0 Å². The second-order valence-corrected chi connectivity index (χ2v) is 17.4. The van der Waals surface area contributed by atoms with Crippen LogP contribution in [0.25, 0.3) is 11.4 Å². The normalized spacial score (nSPS) is 16.8. The molecule has 184 valence electrons. The number of rotatable bonds is 9. The van der Waals surface area contributed by atoms with E-state index in [9.17, 15) is 0 Å². The standard InChI is InChI=1S/C31H36N2OSi2/c1-7-35(4,5)34-36(6,8-2)25-29-32(3)30(27-20-14-10-15-21-27)31(28-22-16-11-17-23-28)33(29)24-26-18-12-9-13-19-26/h7-23,25H,1-2,24H2,3-6H3. The molecule has 0 spiro atoms. The fourth-order valence-corrected chi connectivity index (χ4v) is 11.0. The summed E-state index contributed by atoms with van der Waals surface area (Å²) in [7, 11) is -2.29. The van der Waals surface area contributed by atoms with Gasteiger partial charge in [-0.05, 0) is 30.9 Å². The van der Waals surface area contributed by atoms with Crippen LogP contribution in [0.5, 0.6) is 0 Å². The average molecular weight is 509 g/mol. The Hall–Kier alpha value is -3.39. The van der Waals surface area contributed by atoms with Crippen LogP contribution in [0.4, 0.5) is 0 Å². The largest absolute Gasteiger partial charge is 0.446 e. The van der Waals surface area contributed by atoms with E-state index in [2.05, 4.69) is 146 Å². The van der Waals surface area contributed by atoms with Crippen LogP contribution in [0.1, 0.15) is 16.7 Å². The fourth-order valence-electron chi connectivity index (χ4n) is 4.61. The van der Waals surface area contributed by atoms with Crippen LogP contribution in [0.3, 0.4) is 0 Å². The van der Waals surface area contributed by atoms with Crippen LogP contribution in [-0.4, -0.2) is 33.5 Å². The monoisotopic (exact) mass is 508 g/mol. The molecular weight excluding hydrogens is 473 g/mol. The molecule has 4 rings (SSSR count). The molecule has 1 heterocycles. The van der Waals surface area contributed by atoms with Gasteiger partial charge in [0.2, 0.25) is 8.32 Å². The molecule has 1 atom stereocenters. The highest BCUT2D eigenvalue weighted by Crippen LogP contribution is 2.44. The highest BCUT2D eigenvalue weighted by Gasteiger charge is 2.38. The molecule has 3 aromatic carbocycles. The Labute approximate surface area is 218 Å². The number of hydrogen-bond acceptors (Lipinski definition) is 3. The predicted molar refractivity (Wildman–Crippen MR) is 158 cm³/mol. The predicted octanol–water partition coefficient (Wildman–Crippen LogP) is 7.59. The van der Waals surface area contributed by atoms with E-state index in [0.29, 0.717) is 0 Å². The molecule has 5 heteroatoms. The summed E-state index contributed by atoms with van der Waals surface area (Å²) in [6, 6.07) is 32.0. The van der Waals surface area contributed by atoms with E-state index < -0.39 is 16.6 Å². The van der Waals surface area contributed by atoms with Crippen molar-refractivity contribution >= 4 is 28.0 Å². The van der Waals surface area contributed by atoms with Gasteiger partial charge in [0.15, 0.2) is 8.32 Å². The molecule has 0 N–H and O–H groups in total. The molecule has 0 aliphatic carbocycles. The summed E-state index contributed by atoms with van der Waals surface area (Å²) in [5.41, 5.74) is 12.4. The van der Waals surface area contributed by atoms with Crippen LogP contribution < -0.4 is 0 Å². The van der Waals surface area contributed by atoms with E-state index in [0.717, 1.165) is 12.4 Å². The molecule has 3 nitrogen and oxygen atoms in total. The molecule has 0 saturated carbocycles. The fraction of sp³-hybridized carbons (Fsp3) is 0.161. The smallest absolute Gasteiger partial charge is 0.230 e. The Bertz CT molecular complexity index is 1270. The van der Waals surface area contributed by atoms with Crippen molar-refractivity contribution in [3.05, 3.63) is 144 Å². The first-order valence-electron chi connectivity index (χ1n) is 12.4. The highest BCUT2D eigenvalue weighted by atomic mass is 28.4. The lowest BCUT2D eigenvalue weighted by atomic mass is 10.0. The Morgan fingerprint density at radius 3 is 1.72 bits per heavy atom. The topological polar surface area (TPSA) is 15.7 Å². The van der Waals surface area contributed by atoms with Crippen molar-refractivity contribution in [2.24, 2.45) is 0 Å². The van der Waals surface area contributed by atoms with Crippen LogP contribution in [-0.2, 0) is 10.7 Å². The van der Waals surface area contributed by atoms with Gasteiger partial charge in [0.05, 0.1) is 11.4 Å². The first-order valence-corrected chi connectivity index (χ1v) is 17.9. The zero-order valence-corrected chi connectivity index (χ0v) is 23.8. The number of nitrogens with zero attached hydrogens (tertiary/aromatic N) is 2. The Morgan fingerprint density at radius 2 is 1.22 bits per heavy atom. The van der Waals surface area contributed by atoms with Crippen molar-refractivity contribution < 1.29 is 4.12 Å². The maximum atomic E-state index is 6.81. The molecule has 0 aromatic heterocycles. The third-order valence-electron chi connectivity index (χ3n) is 6.52. The molecule has 1 aliphatic rings. The first-order chi connectivity index (χ1) is 17.3. The van der Waals surface area contributed by atoms with Gasteiger partial charge in [0.25, 0.3) is 0 Å². The van der Waals surface area contributed by atoms with Crippen LogP contribution >= 0.6 is 0 Å². The molecule has 1 unspecified atom stereocenters. The quantitative estimate of drug-likeness (QED) is 0.277. The summed E-state index contributed by atoms with van der Waals surface area (Å²) >= 11 is 0.